The summed E-state index contributed by atoms with van der Waals surface area (Å²) in [5.41, 5.74) is -0.344. The summed E-state index contributed by atoms with van der Waals surface area (Å²) in [6.45, 7) is 2.90. The Bertz CT molecular complexity index is 434. The van der Waals surface area contributed by atoms with E-state index in [0.29, 0.717) is 5.25 Å². The molecule has 98 valence electrons. The monoisotopic (exact) mass is 265 g/mol. The lowest BCUT2D eigenvalue weighted by Gasteiger charge is -2.35. The van der Waals surface area contributed by atoms with Crippen molar-refractivity contribution in [2.24, 2.45) is 7.05 Å². The van der Waals surface area contributed by atoms with E-state index in [0.717, 1.165) is 37.4 Å². The van der Waals surface area contributed by atoms with Crippen LogP contribution in [0.15, 0.2) is 11.5 Å². The zero-order valence-electron chi connectivity index (χ0n) is 10.9. The molecule has 0 radical (unpaired) electrons. The molecular formula is C12H19N5S. The largest absolute Gasteiger partial charge is 0.312 e. The van der Waals surface area contributed by atoms with Gasteiger partial charge in [-0.05, 0) is 32.2 Å². The minimum absolute atomic E-state index is 0.344. The first-order valence-electron chi connectivity index (χ1n) is 6.36. The van der Waals surface area contributed by atoms with Crippen molar-refractivity contribution in [1.29, 1.82) is 5.26 Å². The Kier molecular flexibility index (Phi) is 4.25. The van der Waals surface area contributed by atoms with Gasteiger partial charge in [0.1, 0.15) is 11.9 Å². The van der Waals surface area contributed by atoms with Crippen LogP contribution in [0.4, 0.5) is 0 Å². The molecule has 6 heteroatoms. The Morgan fingerprint density at radius 1 is 1.72 bits per heavy atom. The fraction of sp³-hybridized carbons (Fsp3) is 0.750. The van der Waals surface area contributed by atoms with Crippen molar-refractivity contribution in [2.45, 2.75) is 48.6 Å². The number of hydrogen-bond acceptors (Lipinski definition) is 5. The van der Waals surface area contributed by atoms with E-state index in [9.17, 15) is 5.26 Å². The number of aryl methyl sites for hydroxylation is 1. The first-order valence-corrected chi connectivity index (χ1v) is 7.24. The molecule has 1 aromatic rings. The topological polar surface area (TPSA) is 66.5 Å². The third-order valence-corrected chi connectivity index (χ3v) is 4.69. The second kappa shape index (κ2) is 5.72. The van der Waals surface area contributed by atoms with Crippen molar-refractivity contribution >= 4 is 11.8 Å². The van der Waals surface area contributed by atoms with Crippen LogP contribution in [0.5, 0.6) is 0 Å². The van der Waals surface area contributed by atoms with Crippen LogP contribution in [0.2, 0.25) is 0 Å². The molecule has 0 spiro atoms. The fourth-order valence-electron chi connectivity index (χ4n) is 2.49. The summed E-state index contributed by atoms with van der Waals surface area (Å²) in [5, 5.41) is 22.1. The van der Waals surface area contributed by atoms with Crippen molar-refractivity contribution < 1.29 is 0 Å². The Balaban J connectivity index is 2.03. The van der Waals surface area contributed by atoms with Gasteiger partial charge in [-0.15, -0.1) is 10.2 Å². The van der Waals surface area contributed by atoms with Crippen LogP contribution in [0.1, 0.15) is 32.6 Å². The molecule has 1 aliphatic carbocycles. The van der Waals surface area contributed by atoms with E-state index in [-0.39, 0.29) is 5.54 Å². The fourth-order valence-corrected chi connectivity index (χ4v) is 3.75. The van der Waals surface area contributed by atoms with E-state index in [4.69, 9.17) is 0 Å². The molecule has 2 unspecified atom stereocenters. The third-order valence-electron chi connectivity index (χ3n) is 3.38. The van der Waals surface area contributed by atoms with Crippen LogP contribution in [0.25, 0.3) is 0 Å². The van der Waals surface area contributed by atoms with Crippen molar-refractivity contribution in [1.82, 2.24) is 20.1 Å². The molecule has 1 N–H and O–H groups in total. The molecule has 1 fully saturated rings. The number of rotatable bonds is 4. The molecule has 0 aromatic carbocycles. The average molecular weight is 265 g/mol. The quantitative estimate of drug-likeness (QED) is 0.898. The van der Waals surface area contributed by atoms with Crippen LogP contribution in [-0.2, 0) is 7.05 Å². The maximum Gasteiger partial charge on any atom is 0.191 e. The molecule has 1 saturated carbocycles. The van der Waals surface area contributed by atoms with Gasteiger partial charge in [-0.1, -0.05) is 18.7 Å². The van der Waals surface area contributed by atoms with Gasteiger partial charge in [0.15, 0.2) is 5.16 Å². The van der Waals surface area contributed by atoms with Gasteiger partial charge in [-0.2, -0.15) is 5.26 Å². The van der Waals surface area contributed by atoms with Gasteiger partial charge < -0.3 is 4.57 Å². The molecule has 5 nitrogen and oxygen atoms in total. The highest BCUT2D eigenvalue weighted by atomic mass is 32.2. The number of thioether (sulfide) groups is 1. The summed E-state index contributed by atoms with van der Waals surface area (Å²) >= 11 is 1.74. The summed E-state index contributed by atoms with van der Waals surface area (Å²) in [4.78, 5) is 0. The zero-order chi connectivity index (χ0) is 13.0. The molecule has 18 heavy (non-hydrogen) atoms. The van der Waals surface area contributed by atoms with Gasteiger partial charge >= 0.3 is 0 Å². The van der Waals surface area contributed by atoms with Crippen LogP contribution in [0, 0.1) is 11.3 Å². The Labute approximate surface area is 112 Å². The maximum absolute atomic E-state index is 9.42. The van der Waals surface area contributed by atoms with E-state index in [1.807, 2.05) is 11.6 Å². The minimum atomic E-state index is -0.344. The normalized spacial score (nSPS) is 27.9. The van der Waals surface area contributed by atoms with Crippen LogP contribution >= 0.6 is 11.8 Å². The first kappa shape index (κ1) is 13.4. The zero-order valence-corrected chi connectivity index (χ0v) is 11.7. The second-order valence-corrected chi connectivity index (χ2v) is 6.05. The predicted octanol–water partition coefficient (Wildman–Crippen LogP) is 1.72. The highest BCUT2D eigenvalue weighted by Gasteiger charge is 2.36. The molecule has 0 bridgehead atoms. The van der Waals surface area contributed by atoms with Gasteiger partial charge in [0.05, 0.1) is 6.07 Å². The molecule has 0 aliphatic heterocycles. The van der Waals surface area contributed by atoms with E-state index >= 15 is 0 Å². The van der Waals surface area contributed by atoms with Crippen molar-refractivity contribution in [3.05, 3.63) is 6.33 Å². The van der Waals surface area contributed by atoms with Crippen molar-refractivity contribution in [3.63, 3.8) is 0 Å². The summed E-state index contributed by atoms with van der Waals surface area (Å²) in [6, 6.07) is 2.48. The van der Waals surface area contributed by atoms with Crippen LogP contribution < -0.4 is 5.32 Å². The first-order chi connectivity index (χ1) is 8.69. The molecule has 1 aliphatic rings. The van der Waals surface area contributed by atoms with E-state index < -0.39 is 0 Å². The molecule has 0 saturated heterocycles. The summed E-state index contributed by atoms with van der Waals surface area (Å²) in [7, 11) is 1.95. The number of aromatic nitrogens is 3. The van der Waals surface area contributed by atoms with Crippen LogP contribution in [0.3, 0.4) is 0 Å². The Morgan fingerprint density at radius 2 is 2.56 bits per heavy atom. The third kappa shape index (κ3) is 2.85. The Hall–Kier alpha value is -1.06. The minimum Gasteiger partial charge on any atom is -0.312 e. The van der Waals surface area contributed by atoms with Gasteiger partial charge in [-0.25, -0.2) is 0 Å². The summed E-state index contributed by atoms with van der Waals surface area (Å²) < 4.78 is 1.93. The molecule has 0 amide bonds. The molecule has 2 atom stereocenters. The maximum atomic E-state index is 9.42. The summed E-state index contributed by atoms with van der Waals surface area (Å²) in [5.74, 6) is 0. The number of nitriles is 1. The van der Waals surface area contributed by atoms with E-state index in [1.54, 1.807) is 18.1 Å². The van der Waals surface area contributed by atoms with Gasteiger partial charge in [-0.3, -0.25) is 5.32 Å². The number of nitrogens with one attached hydrogen (secondary N) is 1. The number of nitrogens with zero attached hydrogens (tertiary/aromatic N) is 4. The van der Waals surface area contributed by atoms with Gasteiger partial charge in [0.25, 0.3) is 0 Å². The van der Waals surface area contributed by atoms with Gasteiger partial charge in [0.2, 0.25) is 0 Å². The summed E-state index contributed by atoms with van der Waals surface area (Å²) in [6.07, 6.45) is 5.79. The second-order valence-electron chi connectivity index (χ2n) is 4.78. The lowest BCUT2D eigenvalue weighted by molar-refractivity contribution is 0.309. The SMILES string of the molecule is CCNC1(C#N)CCCC(Sc2nncn2C)C1. The average Bonchev–Trinajstić information content (AvgIpc) is 2.76. The van der Waals surface area contributed by atoms with Crippen LogP contribution in [-0.4, -0.2) is 32.1 Å². The van der Waals surface area contributed by atoms with Crippen molar-refractivity contribution in [3.8, 4) is 6.07 Å². The molecule has 1 heterocycles. The van der Waals surface area contributed by atoms with E-state index in [2.05, 4.69) is 28.5 Å². The van der Waals surface area contributed by atoms with Crippen molar-refractivity contribution in [2.75, 3.05) is 6.54 Å². The highest BCUT2D eigenvalue weighted by molar-refractivity contribution is 7.99. The number of hydrogen-bond donors (Lipinski definition) is 1. The smallest absolute Gasteiger partial charge is 0.191 e. The lowest BCUT2D eigenvalue weighted by atomic mass is 9.82. The highest BCUT2D eigenvalue weighted by Crippen LogP contribution is 2.37. The molecule has 2 rings (SSSR count). The standard InChI is InChI=1S/C12H19N5S/c1-3-14-12(8-13)6-4-5-10(7-12)18-11-16-15-9-17(11)2/h9-10,14H,3-7H2,1-2H3. The molecule has 1 aromatic heterocycles. The van der Waals surface area contributed by atoms with Gasteiger partial charge in [0, 0.05) is 12.3 Å². The lowest BCUT2D eigenvalue weighted by Crippen LogP contribution is -2.48. The predicted molar refractivity (Wildman–Crippen MR) is 71.1 cm³/mol. The molecular weight excluding hydrogens is 246 g/mol. The van der Waals surface area contributed by atoms with E-state index in [1.165, 1.54) is 0 Å². The Morgan fingerprint density at radius 3 is 3.17 bits per heavy atom.